The Labute approximate surface area is 152 Å². The van der Waals surface area contributed by atoms with Crippen LogP contribution < -0.4 is 5.32 Å². The molecule has 6 heteroatoms. The van der Waals surface area contributed by atoms with Gasteiger partial charge >= 0.3 is 5.97 Å². The maximum absolute atomic E-state index is 12.1. The van der Waals surface area contributed by atoms with Crippen LogP contribution in [0.2, 0.25) is 0 Å². The number of thioether (sulfide) groups is 1. The van der Waals surface area contributed by atoms with E-state index in [1.54, 1.807) is 36.0 Å². The number of anilines is 1. The molecule has 1 aromatic carbocycles. The van der Waals surface area contributed by atoms with Gasteiger partial charge in [0.1, 0.15) is 5.25 Å². The largest absolute Gasteiger partial charge is 0.456 e. The van der Waals surface area contributed by atoms with E-state index < -0.39 is 0 Å². The first-order valence-corrected chi connectivity index (χ1v) is 9.72. The summed E-state index contributed by atoms with van der Waals surface area (Å²) in [6, 6.07) is 6.64. The Morgan fingerprint density at radius 1 is 1.20 bits per heavy atom. The number of ketones is 1. The molecule has 1 unspecified atom stereocenters. The topological polar surface area (TPSA) is 72.5 Å². The summed E-state index contributed by atoms with van der Waals surface area (Å²) < 4.78 is 5.16. The fourth-order valence-electron chi connectivity index (χ4n) is 2.56. The number of hydrogen-bond acceptors (Lipinski definition) is 5. The number of hydrogen-bond donors (Lipinski definition) is 1. The number of amides is 1. The van der Waals surface area contributed by atoms with Crippen molar-refractivity contribution in [1.82, 2.24) is 0 Å². The predicted molar refractivity (Wildman–Crippen MR) is 99.9 cm³/mol. The minimum absolute atomic E-state index is 0.0482. The molecule has 1 aliphatic rings. The molecule has 1 saturated heterocycles. The molecule has 1 heterocycles. The molecule has 0 radical (unpaired) electrons. The summed E-state index contributed by atoms with van der Waals surface area (Å²) in [5.74, 6) is 0.674. The SMILES string of the molecule is CC(C)CC(=O)Nc1ccc(C(=O)COC(=O)C2CCCCS2)cc1. The monoisotopic (exact) mass is 363 g/mol. The molecule has 1 aromatic rings. The van der Waals surface area contributed by atoms with Crippen LogP contribution in [-0.4, -0.2) is 35.3 Å². The van der Waals surface area contributed by atoms with Gasteiger partial charge in [0.2, 0.25) is 5.91 Å². The van der Waals surface area contributed by atoms with Crippen LogP contribution in [0.15, 0.2) is 24.3 Å². The van der Waals surface area contributed by atoms with Crippen molar-refractivity contribution in [2.75, 3.05) is 17.7 Å². The molecule has 1 fully saturated rings. The lowest BCUT2D eigenvalue weighted by Crippen LogP contribution is -2.25. The van der Waals surface area contributed by atoms with E-state index in [0.29, 0.717) is 17.7 Å². The Bertz CT molecular complexity index is 606. The zero-order chi connectivity index (χ0) is 18.2. The Hall–Kier alpha value is -1.82. The van der Waals surface area contributed by atoms with Gasteiger partial charge in [-0.1, -0.05) is 20.3 Å². The number of ether oxygens (including phenoxy) is 1. The molecular weight excluding hydrogens is 338 g/mol. The van der Waals surface area contributed by atoms with Crippen LogP contribution in [0.4, 0.5) is 5.69 Å². The van der Waals surface area contributed by atoms with E-state index in [0.717, 1.165) is 25.0 Å². The van der Waals surface area contributed by atoms with Gasteiger partial charge in [-0.05, 0) is 48.8 Å². The van der Waals surface area contributed by atoms with E-state index in [1.807, 2.05) is 13.8 Å². The maximum atomic E-state index is 12.1. The number of carbonyl (C=O) groups excluding carboxylic acids is 3. The van der Waals surface area contributed by atoms with Gasteiger partial charge in [0, 0.05) is 17.7 Å². The minimum Gasteiger partial charge on any atom is -0.456 e. The third kappa shape index (κ3) is 6.53. The molecule has 136 valence electrons. The van der Waals surface area contributed by atoms with Crippen LogP contribution in [0, 0.1) is 5.92 Å². The third-order valence-corrected chi connectivity index (χ3v) is 5.23. The molecule has 1 aliphatic heterocycles. The second-order valence-corrected chi connectivity index (χ2v) is 7.92. The zero-order valence-corrected chi connectivity index (χ0v) is 15.6. The summed E-state index contributed by atoms with van der Waals surface area (Å²) in [6.07, 6.45) is 3.44. The van der Waals surface area contributed by atoms with Gasteiger partial charge in [0.05, 0.1) is 0 Å². The number of rotatable bonds is 7. The van der Waals surface area contributed by atoms with Crippen molar-refractivity contribution in [2.45, 2.75) is 44.8 Å². The van der Waals surface area contributed by atoms with Crippen LogP contribution in [0.3, 0.4) is 0 Å². The molecule has 0 saturated carbocycles. The number of nitrogens with one attached hydrogen (secondary N) is 1. The van der Waals surface area contributed by atoms with Gasteiger partial charge in [-0.2, -0.15) is 0 Å². The Morgan fingerprint density at radius 2 is 1.92 bits per heavy atom. The number of carbonyl (C=O) groups is 3. The van der Waals surface area contributed by atoms with Crippen molar-refractivity contribution >= 4 is 35.1 Å². The standard InChI is InChI=1S/C19H25NO4S/c1-13(2)11-18(22)20-15-8-6-14(7-9-15)16(21)12-24-19(23)17-5-3-4-10-25-17/h6-9,13,17H,3-5,10-12H2,1-2H3,(H,20,22). The van der Waals surface area contributed by atoms with Gasteiger partial charge in [-0.3, -0.25) is 14.4 Å². The number of esters is 1. The number of Topliss-reactive ketones (excluding diaryl/α,β-unsaturated/α-hetero) is 1. The highest BCUT2D eigenvalue weighted by molar-refractivity contribution is 8.00. The van der Waals surface area contributed by atoms with Gasteiger partial charge in [-0.15, -0.1) is 11.8 Å². The Balaban J connectivity index is 1.81. The van der Waals surface area contributed by atoms with Crippen molar-refractivity contribution in [3.63, 3.8) is 0 Å². The quantitative estimate of drug-likeness (QED) is 0.591. The molecule has 5 nitrogen and oxygen atoms in total. The first-order valence-electron chi connectivity index (χ1n) is 8.67. The Morgan fingerprint density at radius 3 is 2.52 bits per heavy atom. The van der Waals surface area contributed by atoms with Crippen molar-refractivity contribution in [3.8, 4) is 0 Å². The summed E-state index contributed by atoms with van der Waals surface area (Å²) in [5.41, 5.74) is 1.11. The molecule has 0 aliphatic carbocycles. The normalized spacial score (nSPS) is 17.2. The van der Waals surface area contributed by atoms with E-state index in [2.05, 4.69) is 5.32 Å². The molecule has 1 N–H and O–H groups in total. The van der Waals surface area contributed by atoms with Gasteiger partial charge in [-0.25, -0.2) is 0 Å². The second kappa shape index (κ2) is 9.61. The van der Waals surface area contributed by atoms with E-state index in [-0.39, 0.29) is 35.4 Å². The molecule has 1 atom stereocenters. The fraction of sp³-hybridized carbons (Fsp3) is 0.526. The summed E-state index contributed by atoms with van der Waals surface area (Å²) in [6.45, 7) is 3.72. The molecule has 25 heavy (non-hydrogen) atoms. The van der Waals surface area contributed by atoms with E-state index in [4.69, 9.17) is 4.74 Å². The summed E-state index contributed by atoms with van der Waals surface area (Å²) in [5, 5.41) is 2.66. The van der Waals surface area contributed by atoms with Crippen LogP contribution in [0.5, 0.6) is 0 Å². The average Bonchev–Trinajstić information content (AvgIpc) is 2.60. The Kier molecular flexibility index (Phi) is 7.50. The first-order chi connectivity index (χ1) is 12.0. The van der Waals surface area contributed by atoms with E-state index in [1.165, 1.54) is 0 Å². The van der Waals surface area contributed by atoms with Crippen LogP contribution >= 0.6 is 11.8 Å². The zero-order valence-electron chi connectivity index (χ0n) is 14.7. The lowest BCUT2D eigenvalue weighted by molar-refractivity contribution is -0.142. The maximum Gasteiger partial charge on any atom is 0.319 e. The fourth-order valence-corrected chi connectivity index (χ4v) is 3.75. The third-order valence-electron chi connectivity index (χ3n) is 3.87. The highest BCUT2D eigenvalue weighted by atomic mass is 32.2. The summed E-state index contributed by atoms with van der Waals surface area (Å²) >= 11 is 1.60. The minimum atomic E-state index is -0.296. The van der Waals surface area contributed by atoms with Crippen LogP contribution in [-0.2, 0) is 14.3 Å². The molecule has 1 amide bonds. The second-order valence-electron chi connectivity index (χ2n) is 6.61. The number of benzene rings is 1. The highest BCUT2D eigenvalue weighted by Gasteiger charge is 2.23. The highest BCUT2D eigenvalue weighted by Crippen LogP contribution is 2.26. The predicted octanol–water partition coefficient (Wildman–Crippen LogP) is 3.68. The van der Waals surface area contributed by atoms with Crippen molar-refractivity contribution < 1.29 is 19.1 Å². The van der Waals surface area contributed by atoms with Crippen LogP contribution in [0.25, 0.3) is 0 Å². The summed E-state index contributed by atoms with van der Waals surface area (Å²) in [4.78, 5) is 35.8. The smallest absolute Gasteiger partial charge is 0.319 e. The molecule has 2 rings (SSSR count). The van der Waals surface area contributed by atoms with Crippen molar-refractivity contribution in [2.24, 2.45) is 5.92 Å². The lowest BCUT2D eigenvalue weighted by atomic mass is 10.1. The lowest BCUT2D eigenvalue weighted by Gasteiger charge is -2.19. The first kappa shape index (κ1) is 19.5. The van der Waals surface area contributed by atoms with Crippen molar-refractivity contribution in [3.05, 3.63) is 29.8 Å². The summed E-state index contributed by atoms with van der Waals surface area (Å²) in [7, 11) is 0. The molecule has 0 spiro atoms. The molecular formula is C19H25NO4S. The van der Waals surface area contributed by atoms with Gasteiger partial charge in [0.25, 0.3) is 0 Å². The van der Waals surface area contributed by atoms with E-state index >= 15 is 0 Å². The van der Waals surface area contributed by atoms with Gasteiger partial charge < -0.3 is 10.1 Å². The van der Waals surface area contributed by atoms with Crippen molar-refractivity contribution in [1.29, 1.82) is 0 Å². The molecule has 0 bridgehead atoms. The van der Waals surface area contributed by atoms with E-state index in [9.17, 15) is 14.4 Å². The van der Waals surface area contributed by atoms with Crippen LogP contribution in [0.1, 0.15) is 49.9 Å². The van der Waals surface area contributed by atoms with Gasteiger partial charge in [0.15, 0.2) is 12.4 Å². The average molecular weight is 363 g/mol. The molecule has 0 aromatic heterocycles.